The summed E-state index contributed by atoms with van der Waals surface area (Å²) in [6.45, 7) is 4.97. The average Bonchev–Trinajstić information content (AvgIpc) is 2.57. The van der Waals surface area contributed by atoms with Crippen LogP contribution in [0.5, 0.6) is 5.75 Å². The summed E-state index contributed by atoms with van der Waals surface area (Å²) in [5.74, 6) is -0.712. The minimum absolute atomic E-state index is 0.267. The molecular weight excluding hydrogens is 334 g/mol. The number of carbonyl (C=O) groups is 3. The van der Waals surface area contributed by atoms with E-state index in [4.69, 9.17) is 21.1 Å². The molecule has 1 aromatic carbocycles. The molecule has 7 heteroatoms. The van der Waals surface area contributed by atoms with E-state index in [0.717, 1.165) is 0 Å². The molecule has 130 valence electrons. The minimum Gasteiger partial charge on any atom is -0.479 e. The maximum absolute atomic E-state index is 12.6. The smallest absolute Gasteiger partial charge is 0.328 e. The van der Waals surface area contributed by atoms with Crippen LogP contribution in [0.15, 0.2) is 18.2 Å². The molecule has 0 aliphatic carbocycles. The number of Topliss-reactive ketones (excluding diaryl/α,β-unsaturated/α-hetero) is 1. The summed E-state index contributed by atoms with van der Waals surface area (Å²) in [4.78, 5) is 38.2. The largest absolute Gasteiger partial charge is 0.479 e. The fraction of sp³-hybridized carbons (Fsp3) is 0.471. The van der Waals surface area contributed by atoms with Crippen LogP contribution in [0.25, 0.3) is 0 Å². The number of anilines is 1. The number of hydrogen-bond donors (Lipinski definition) is 0. The Labute approximate surface area is 145 Å². The summed E-state index contributed by atoms with van der Waals surface area (Å²) in [6, 6.07) is 3.96. The van der Waals surface area contributed by atoms with E-state index in [-0.39, 0.29) is 11.7 Å². The van der Waals surface area contributed by atoms with Crippen molar-refractivity contribution >= 4 is 34.9 Å². The van der Waals surface area contributed by atoms with Gasteiger partial charge in [0.25, 0.3) is 5.91 Å². The first-order valence-corrected chi connectivity index (χ1v) is 8.15. The highest BCUT2D eigenvalue weighted by Crippen LogP contribution is 2.37. The van der Waals surface area contributed by atoms with Crippen LogP contribution < -0.4 is 9.64 Å². The van der Waals surface area contributed by atoms with E-state index in [1.54, 1.807) is 32.9 Å². The van der Waals surface area contributed by atoms with Crippen molar-refractivity contribution in [1.29, 1.82) is 0 Å². The third-order valence-corrected chi connectivity index (χ3v) is 4.12. The van der Waals surface area contributed by atoms with Crippen LogP contribution >= 0.6 is 11.6 Å². The number of methoxy groups -OCH3 is 1. The standard InChI is InChI=1S/C17H20ClNO5/c1-5-12(17(22)23-4)19-13-8-11(15(20)9(2)18)6-7-14(13)24-10(3)16(19)21/h6-10,12H,5H2,1-4H3. The number of ether oxygens (including phenoxy) is 2. The normalized spacial score (nSPS) is 19.1. The molecule has 0 saturated carbocycles. The van der Waals surface area contributed by atoms with Crippen molar-refractivity contribution in [3.05, 3.63) is 23.8 Å². The van der Waals surface area contributed by atoms with Crippen LogP contribution in [0.3, 0.4) is 0 Å². The summed E-state index contributed by atoms with van der Waals surface area (Å²) in [6.07, 6.45) is -0.362. The molecule has 6 nitrogen and oxygen atoms in total. The molecule has 0 aromatic heterocycles. The Bertz CT molecular complexity index is 673. The summed E-state index contributed by atoms with van der Waals surface area (Å²) in [5.41, 5.74) is 0.727. The Morgan fingerprint density at radius 3 is 2.62 bits per heavy atom. The Kier molecular flexibility index (Phi) is 5.49. The van der Waals surface area contributed by atoms with Crippen LogP contribution in [0.2, 0.25) is 0 Å². The molecule has 3 atom stereocenters. The SMILES string of the molecule is CCC(C(=O)OC)N1C(=O)C(C)Oc2ccc(C(=O)C(C)Cl)cc21. The molecule has 24 heavy (non-hydrogen) atoms. The molecule has 0 saturated heterocycles. The monoisotopic (exact) mass is 353 g/mol. The van der Waals surface area contributed by atoms with Gasteiger partial charge in [-0.1, -0.05) is 6.92 Å². The zero-order valence-electron chi connectivity index (χ0n) is 14.0. The number of nitrogens with zero attached hydrogens (tertiary/aromatic N) is 1. The number of hydrogen-bond acceptors (Lipinski definition) is 5. The summed E-state index contributed by atoms with van der Waals surface area (Å²) >= 11 is 5.86. The minimum atomic E-state index is -0.786. The van der Waals surface area contributed by atoms with Gasteiger partial charge in [-0.15, -0.1) is 11.6 Å². The number of carbonyl (C=O) groups excluding carboxylic acids is 3. The first-order chi connectivity index (χ1) is 11.3. The quantitative estimate of drug-likeness (QED) is 0.462. The molecule has 0 spiro atoms. The number of esters is 1. The summed E-state index contributed by atoms with van der Waals surface area (Å²) in [7, 11) is 1.27. The van der Waals surface area contributed by atoms with Gasteiger partial charge >= 0.3 is 5.97 Å². The lowest BCUT2D eigenvalue weighted by molar-refractivity contribution is -0.144. The lowest BCUT2D eigenvalue weighted by atomic mass is 10.0. The van der Waals surface area contributed by atoms with Crippen LogP contribution in [0.1, 0.15) is 37.6 Å². The van der Waals surface area contributed by atoms with Gasteiger partial charge in [-0.3, -0.25) is 14.5 Å². The van der Waals surface area contributed by atoms with Gasteiger partial charge in [0.1, 0.15) is 11.8 Å². The highest BCUT2D eigenvalue weighted by Gasteiger charge is 2.39. The molecule has 0 fully saturated rings. The van der Waals surface area contributed by atoms with E-state index in [1.165, 1.54) is 18.1 Å². The maximum atomic E-state index is 12.6. The van der Waals surface area contributed by atoms with Gasteiger partial charge in [0.2, 0.25) is 0 Å². The predicted molar refractivity (Wildman–Crippen MR) is 89.8 cm³/mol. The van der Waals surface area contributed by atoms with E-state index < -0.39 is 23.5 Å². The van der Waals surface area contributed by atoms with Crippen LogP contribution in [-0.2, 0) is 14.3 Å². The fourth-order valence-electron chi connectivity index (χ4n) is 2.66. The van der Waals surface area contributed by atoms with Crippen LogP contribution in [-0.4, -0.2) is 42.3 Å². The second-order valence-electron chi connectivity index (χ2n) is 5.58. The number of halogens is 1. The van der Waals surface area contributed by atoms with E-state index in [0.29, 0.717) is 23.4 Å². The van der Waals surface area contributed by atoms with E-state index in [2.05, 4.69) is 0 Å². The number of rotatable bonds is 5. The van der Waals surface area contributed by atoms with Crippen molar-refractivity contribution < 1.29 is 23.9 Å². The molecule has 1 aliphatic heterocycles. The maximum Gasteiger partial charge on any atom is 0.328 e. The Morgan fingerprint density at radius 1 is 1.42 bits per heavy atom. The molecular formula is C17H20ClNO5. The van der Waals surface area contributed by atoms with Gasteiger partial charge in [0.15, 0.2) is 11.9 Å². The highest BCUT2D eigenvalue weighted by atomic mass is 35.5. The molecule has 1 aromatic rings. The third-order valence-electron chi connectivity index (χ3n) is 3.92. The molecule has 0 N–H and O–H groups in total. The van der Waals surface area contributed by atoms with Gasteiger partial charge in [-0.2, -0.15) is 0 Å². The molecule has 1 aliphatic rings. The topological polar surface area (TPSA) is 72.9 Å². The van der Waals surface area contributed by atoms with E-state index in [1.807, 2.05) is 0 Å². The zero-order valence-corrected chi connectivity index (χ0v) is 14.8. The van der Waals surface area contributed by atoms with Crippen molar-refractivity contribution in [2.24, 2.45) is 0 Å². The lowest BCUT2D eigenvalue weighted by Gasteiger charge is -2.37. The Hall–Kier alpha value is -2.08. The van der Waals surface area contributed by atoms with Crippen LogP contribution in [0, 0.1) is 0 Å². The molecule has 2 rings (SSSR count). The average molecular weight is 354 g/mol. The first kappa shape index (κ1) is 18.3. The Balaban J connectivity index is 2.56. The van der Waals surface area contributed by atoms with Gasteiger partial charge in [0.05, 0.1) is 18.2 Å². The van der Waals surface area contributed by atoms with Gasteiger partial charge < -0.3 is 9.47 Å². The molecule has 0 radical (unpaired) electrons. The van der Waals surface area contributed by atoms with E-state index >= 15 is 0 Å². The first-order valence-electron chi connectivity index (χ1n) is 7.71. The molecule has 1 amide bonds. The number of ketones is 1. The van der Waals surface area contributed by atoms with Gasteiger partial charge in [-0.05, 0) is 38.5 Å². The lowest BCUT2D eigenvalue weighted by Crippen LogP contribution is -2.52. The molecule has 1 heterocycles. The van der Waals surface area contributed by atoms with Crippen molar-refractivity contribution in [2.75, 3.05) is 12.0 Å². The number of fused-ring (bicyclic) bond motifs is 1. The van der Waals surface area contributed by atoms with E-state index in [9.17, 15) is 14.4 Å². The van der Waals surface area contributed by atoms with Crippen molar-refractivity contribution in [3.63, 3.8) is 0 Å². The highest BCUT2D eigenvalue weighted by molar-refractivity contribution is 6.33. The zero-order chi connectivity index (χ0) is 18.0. The molecule has 3 unspecified atom stereocenters. The van der Waals surface area contributed by atoms with Crippen molar-refractivity contribution in [1.82, 2.24) is 0 Å². The number of benzene rings is 1. The van der Waals surface area contributed by atoms with Crippen molar-refractivity contribution in [2.45, 2.75) is 44.7 Å². The fourth-order valence-corrected chi connectivity index (χ4v) is 2.78. The molecule has 0 bridgehead atoms. The Morgan fingerprint density at radius 2 is 2.08 bits per heavy atom. The summed E-state index contributed by atoms with van der Waals surface area (Å²) in [5, 5.41) is -0.696. The van der Waals surface area contributed by atoms with Gasteiger partial charge in [-0.25, -0.2) is 4.79 Å². The predicted octanol–water partition coefficient (Wildman–Crippen LogP) is 2.56. The second kappa shape index (κ2) is 7.21. The number of amides is 1. The number of alkyl halides is 1. The third kappa shape index (κ3) is 3.24. The van der Waals surface area contributed by atoms with Crippen molar-refractivity contribution in [3.8, 4) is 5.75 Å². The summed E-state index contributed by atoms with van der Waals surface area (Å²) < 4.78 is 10.4. The second-order valence-corrected chi connectivity index (χ2v) is 6.23. The van der Waals surface area contributed by atoms with Crippen LogP contribution in [0.4, 0.5) is 5.69 Å². The van der Waals surface area contributed by atoms with Gasteiger partial charge in [0, 0.05) is 5.56 Å².